The molecular formula is C14H17Cl2NO4S. The Balaban J connectivity index is 2.31. The van der Waals surface area contributed by atoms with Crippen LogP contribution in [0.5, 0.6) is 0 Å². The maximum atomic E-state index is 12.3. The lowest BCUT2D eigenvalue weighted by molar-refractivity contribution is 0.0459. The van der Waals surface area contributed by atoms with Crippen molar-refractivity contribution in [3.63, 3.8) is 0 Å². The molecule has 0 spiro atoms. The molecule has 0 amide bonds. The molecule has 0 unspecified atom stereocenters. The van der Waals surface area contributed by atoms with Crippen molar-refractivity contribution in [1.82, 2.24) is 4.72 Å². The zero-order chi connectivity index (χ0) is 16.5. The monoisotopic (exact) mass is 365 g/mol. The molecule has 1 fully saturated rings. The van der Waals surface area contributed by atoms with Gasteiger partial charge in [0.1, 0.15) is 4.90 Å². The molecule has 0 radical (unpaired) electrons. The first-order valence-corrected chi connectivity index (χ1v) is 9.13. The van der Waals surface area contributed by atoms with Gasteiger partial charge in [0.05, 0.1) is 22.2 Å². The molecular weight excluding hydrogens is 349 g/mol. The van der Waals surface area contributed by atoms with Crippen LogP contribution in [0.4, 0.5) is 0 Å². The Morgan fingerprint density at radius 2 is 1.95 bits per heavy atom. The van der Waals surface area contributed by atoms with E-state index in [-0.39, 0.29) is 39.1 Å². The molecule has 8 heteroatoms. The van der Waals surface area contributed by atoms with Crippen LogP contribution in [0.3, 0.4) is 0 Å². The minimum atomic E-state index is -3.78. The number of sulfonamides is 1. The van der Waals surface area contributed by atoms with Gasteiger partial charge in [0.25, 0.3) is 0 Å². The van der Waals surface area contributed by atoms with Crippen molar-refractivity contribution in [3.05, 3.63) is 27.7 Å². The van der Waals surface area contributed by atoms with Crippen LogP contribution in [0, 0.1) is 5.92 Å². The highest BCUT2D eigenvalue weighted by atomic mass is 35.5. The van der Waals surface area contributed by atoms with E-state index in [4.69, 9.17) is 27.9 Å². The molecule has 0 saturated heterocycles. The molecule has 2 rings (SSSR count). The molecule has 122 valence electrons. The van der Waals surface area contributed by atoms with E-state index in [0.717, 1.165) is 18.9 Å². The van der Waals surface area contributed by atoms with Crippen LogP contribution in [0.25, 0.3) is 0 Å². The minimum Gasteiger partial charge on any atom is -0.462 e. The van der Waals surface area contributed by atoms with Gasteiger partial charge in [-0.3, -0.25) is 0 Å². The van der Waals surface area contributed by atoms with Crippen LogP contribution in [0.2, 0.25) is 10.0 Å². The first-order chi connectivity index (χ1) is 10.2. The summed E-state index contributed by atoms with van der Waals surface area (Å²) in [5.74, 6) is -0.506. The van der Waals surface area contributed by atoms with Gasteiger partial charge in [-0.2, -0.15) is 0 Å². The fraction of sp³-hybridized carbons (Fsp3) is 0.500. The van der Waals surface area contributed by atoms with Gasteiger partial charge in [0.2, 0.25) is 10.0 Å². The Morgan fingerprint density at radius 1 is 1.32 bits per heavy atom. The third kappa shape index (κ3) is 4.35. The van der Waals surface area contributed by atoms with Crippen molar-refractivity contribution in [2.24, 2.45) is 5.92 Å². The molecule has 1 N–H and O–H groups in total. The molecule has 1 aromatic carbocycles. The Morgan fingerprint density at radius 3 is 2.50 bits per heavy atom. The number of benzene rings is 1. The van der Waals surface area contributed by atoms with Gasteiger partial charge >= 0.3 is 5.97 Å². The smallest absolute Gasteiger partial charge is 0.339 e. The summed E-state index contributed by atoms with van der Waals surface area (Å²) < 4.78 is 32.1. The van der Waals surface area contributed by atoms with Gasteiger partial charge in [-0.05, 0) is 30.9 Å². The van der Waals surface area contributed by atoms with Crippen molar-refractivity contribution in [1.29, 1.82) is 0 Å². The van der Waals surface area contributed by atoms with Gasteiger partial charge in [0, 0.05) is 6.04 Å². The van der Waals surface area contributed by atoms with Crippen molar-refractivity contribution >= 4 is 39.2 Å². The predicted molar refractivity (Wildman–Crippen MR) is 84.9 cm³/mol. The Hall–Kier alpha value is -0.820. The Bertz CT molecular complexity index is 684. The van der Waals surface area contributed by atoms with E-state index in [9.17, 15) is 13.2 Å². The SMILES string of the molecule is CC(C)COC(=O)c1cc(S(=O)(=O)NC2CC2)c(Cl)cc1Cl. The Kier molecular flexibility index (Phi) is 5.37. The molecule has 0 aliphatic heterocycles. The summed E-state index contributed by atoms with van der Waals surface area (Å²) in [6.07, 6.45) is 1.60. The zero-order valence-electron chi connectivity index (χ0n) is 12.2. The molecule has 1 aromatic rings. The van der Waals surface area contributed by atoms with Crippen molar-refractivity contribution < 1.29 is 17.9 Å². The summed E-state index contributed by atoms with van der Waals surface area (Å²) in [6, 6.07) is 2.35. The molecule has 0 atom stereocenters. The van der Waals surface area contributed by atoms with Gasteiger partial charge in [-0.25, -0.2) is 17.9 Å². The number of hydrogen-bond acceptors (Lipinski definition) is 4. The number of carbonyl (C=O) groups excluding carboxylic acids is 1. The highest BCUT2D eigenvalue weighted by molar-refractivity contribution is 7.89. The fourth-order valence-corrected chi connectivity index (χ4v) is 3.85. The summed E-state index contributed by atoms with van der Waals surface area (Å²) in [5, 5.41) is 0.0303. The van der Waals surface area contributed by atoms with Crippen LogP contribution in [-0.4, -0.2) is 27.0 Å². The van der Waals surface area contributed by atoms with Crippen LogP contribution in [0.15, 0.2) is 17.0 Å². The predicted octanol–water partition coefficient (Wildman–Crippen LogP) is 3.25. The van der Waals surface area contributed by atoms with Crippen LogP contribution >= 0.6 is 23.2 Å². The highest BCUT2D eigenvalue weighted by Crippen LogP contribution is 2.31. The second kappa shape index (κ2) is 6.74. The number of rotatable bonds is 6. The fourth-order valence-electron chi connectivity index (χ4n) is 1.70. The molecule has 1 aliphatic carbocycles. The lowest BCUT2D eigenvalue weighted by atomic mass is 10.2. The van der Waals surface area contributed by atoms with Gasteiger partial charge in [-0.1, -0.05) is 37.0 Å². The topological polar surface area (TPSA) is 72.5 Å². The number of ether oxygens (including phenoxy) is 1. The zero-order valence-corrected chi connectivity index (χ0v) is 14.6. The van der Waals surface area contributed by atoms with E-state index in [0.29, 0.717) is 0 Å². The van der Waals surface area contributed by atoms with Gasteiger partial charge in [0.15, 0.2) is 0 Å². The lowest BCUT2D eigenvalue weighted by Gasteiger charge is -2.12. The molecule has 22 heavy (non-hydrogen) atoms. The maximum absolute atomic E-state index is 12.3. The minimum absolute atomic E-state index is 0.0112. The number of nitrogens with one attached hydrogen (secondary N) is 1. The first-order valence-electron chi connectivity index (χ1n) is 6.89. The van der Waals surface area contributed by atoms with Crippen molar-refractivity contribution in [2.75, 3.05) is 6.61 Å². The van der Waals surface area contributed by atoms with E-state index in [1.807, 2.05) is 13.8 Å². The van der Waals surface area contributed by atoms with Crippen molar-refractivity contribution in [3.8, 4) is 0 Å². The number of hydrogen-bond donors (Lipinski definition) is 1. The quantitative estimate of drug-likeness (QED) is 0.785. The average molecular weight is 366 g/mol. The van der Waals surface area contributed by atoms with Gasteiger partial charge < -0.3 is 4.74 Å². The summed E-state index contributed by atoms with van der Waals surface area (Å²) in [5.41, 5.74) is -0.0112. The van der Waals surface area contributed by atoms with Gasteiger partial charge in [-0.15, -0.1) is 0 Å². The number of esters is 1. The third-order valence-corrected chi connectivity index (χ3v) is 5.28. The van der Waals surface area contributed by atoms with Crippen molar-refractivity contribution in [2.45, 2.75) is 37.6 Å². The number of halogens is 2. The summed E-state index contributed by atoms with van der Waals surface area (Å²) in [7, 11) is -3.78. The molecule has 0 bridgehead atoms. The highest BCUT2D eigenvalue weighted by Gasteiger charge is 2.30. The van der Waals surface area contributed by atoms with Crippen LogP contribution < -0.4 is 4.72 Å². The molecule has 5 nitrogen and oxygen atoms in total. The van der Waals surface area contributed by atoms with E-state index in [1.165, 1.54) is 6.07 Å². The lowest BCUT2D eigenvalue weighted by Crippen LogP contribution is -2.26. The summed E-state index contributed by atoms with van der Waals surface area (Å²) >= 11 is 11.9. The number of carbonyl (C=O) groups is 1. The standard InChI is InChI=1S/C14H17Cl2NO4S/c1-8(2)7-21-14(18)10-5-13(12(16)6-11(10)15)22(19,20)17-9-3-4-9/h5-6,8-9,17H,3-4,7H2,1-2H3. The summed E-state index contributed by atoms with van der Waals surface area (Å²) in [6.45, 7) is 4.01. The molecule has 0 aromatic heterocycles. The van der Waals surface area contributed by atoms with E-state index in [1.54, 1.807) is 0 Å². The maximum Gasteiger partial charge on any atom is 0.339 e. The normalized spacial score (nSPS) is 15.1. The Labute approximate surface area is 140 Å². The van der Waals surface area contributed by atoms with E-state index in [2.05, 4.69) is 4.72 Å². The van der Waals surface area contributed by atoms with E-state index >= 15 is 0 Å². The molecule has 1 aliphatic rings. The molecule has 0 heterocycles. The summed E-state index contributed by atoms with van der Waals surface area (Å²) in [4.78, 5) is 11.9. The first kappa shape index (κ1) is 17.5. The largest absolute Gasteiger partial charge is 0.462 e. The average Bonchev–Trinajstić information content (AvgIpc) is 3.18. The van der Waals surface area contributed by atoms with Crippen LogP contribution in [-0.2, 0) is 14.8 Å². The van der Waals surface area contributed by atoms with Crippen LogP contribution in [0.1, 0.15) is 37.0 Å². The van der Waals surface area contributed by atoms with E-state index < -0.39 is 16.0 Å². The molecule has 1 saturated carbocycles. The second-order valence-corrected chi connectivity index (χ2v) is 8.15. The third-order valence-electron chi connectivity index (χ3n) is 2.98. The second-order valence-electron chi connectivity index (χ2n) is 5.65.